The molecule has 0 bridgehead atoms. The molecule has 0 radical (unpaired) electrons. The summed E-state index contributed by atoms with van der Waals surface area (Å²) in [7, 11) is 0. The van der Waals surface area contributed by atoms with Crippen molar-refractivity contribution in [3.05, 3.63) is 27.2 Å². The summed E-state index contributed by atoms with van der Waals surface area (Å²) >= 11 is 8.88. The standard InChI is InChI=1S/C7H6BrClN2O/c8-3-1-4(7(11)12)6(9)5(10)2-3/h1-2H,10H2,(H2,11,12). The van der Waals surface area contributed by atoms with Crippen LogP contribution in [0.4, 0.5) is 5.69 Å². The molecule has 0 unspecified atom stereocenters. The second kappa shape index (κ2) is 3.33. The normalized spacial score (nSPS) is 9.83. The van der Waals surface area contributed by atoms with Gasteiger partial charge < -0.3 is 11.5 Å². The molecule has 0 saturated heterocycles. The topological polar surface area (TPSA) is 69.1 Å². The highest BCUT2D eigenvalue weighted by Gasteiger charge is 2.09. The van der Waals surface area contributed by atoms with Crippen molar-refractivity contribution in [2.75, 3.05) is 5.73 Å². The van der Waals surface area contributed by atoms with E-state index >= 15 is 0 Å². The van der Waals surface area contributed by atoms with E-state index in [4.69, 9.17) is 23.1 Å². The van der Waals surface area contributed by atoms with E-state index in [1.165, 1.54) is 6.07 Å². The Labute approximate surface area is 82.8 Å². The number of nitrogen functional groups attached to an aromatic ring is 1. The quantitative estimate of drug-likeness (QED) is 0.745. The zero-order valence-electron chi connectivity index (χ0n) is 5.97. The van der Waals surface area contributed by atoms with Gasteiger partial charge in [-0.1, -0.05) is 27.5 Å². The van der Waals surface area contributed by atoms with Crippen LogP contribution in [0.3, 0.4) is 0 Å². The highest BCUT2D eigenvalue weighted by molar-refractivity contribution is 9.10. The molecule has 0 heterocycles. The van der Waals surface area contributed by atoms with Crippen molar-refractivity contribution < 1.29 is 4.79 Å². The summed E-state index contributed by atoms with van der Waals surface area (Å²) in [6, 6.07) is 3.13. The maximum Gasteiger partial charge on any atom is 0.250 e. The van der Waals surface area contributed by atoms with E-state index in [-0.39, 0.29) is 10.6 Å². The predicted octanol–water partition coefficient (Wildman–Crippen LogP) is 1.78. The molecule has 64 valence electrons. The first-order chi connectivity index (χ1) is 5.52. The Morgan fingerprint density at radius 2 is 2.08 bits per heavy atom. The van der Waals surface area contributed by atoms with E-state index in [2.05, 4.69) is 15.9 Å². The number of carbonyl (C=O) groups excluding carboxylic acids is 1. The predicted molar refractivity (Wildman–Crippen MR) is 52.1 cm³/mol. The second-order valence-corrected chi connectivity index (χ2v) is 3.51. The highest BCUT2D eigenvalue weighted by Crippen LogP contribution is 2.27. The first-order valence-corrected chi connectivity index (χ1v) is 4.24. The van der Waals surface area contributed by atoms with Gasteiger partial charge in [-0.25, -0.2) is 0 Å². The fourth-order valence-electron chi connectivity index (χ4n) is 0.790. The molecule has 0 aromatic heterocycles. The molecule has 0 saturated carbocycles. The maximum atomic E-state index is 10.8. The van der Waals surface area contributed by atoms with E-state index < -0.39 is 5.91 Å². The van der Waals surface area contributed by atoms with Crippen molar-refractivity contribution >= 4 is 39.1 Å². The number of hydrogen-bond donors (Lipinski definition) is 2. The van der Waals surface area contributed by atoms with Gasteiger partial charge in [0, 0.05) is 4.47 Å². The van der Waals surface area contributed by atoms with Crippen LogP contribution in [0.2, 0.25) is 5.02 Å². The minimum absolute atomic E-state index is 0.200. The van der Waals surface area contributed by atoms with Crippen molar-refractivity contribution in [2.45, 2.75) is 0 Å². The summed E-state index contributed by atoms with van der Waals surface area (Å²) in [5.74, 6) is -0.590. The number of carbonyl (C=O) groups is 1. The Morgan fingerprint density at radius 3 is 2.58 bits per heavy atom. The molecule has 0 spiro atoms. The molecule has 1 aromatic rings. The lowest BCUT2D eigenvalue weighted by atomic mass is 10.2. The van der Waals surface area contributed by atoms with E-state index in [1.807, 2.05) is 0 Å². The van der Waals surface area contributed by atoms with Crippen LogP contribution in [0.1, 0.15) is 10.4 Å². The number of rotatable bonds is 1. The third-order valence-corrected chi connectivity index (χ3v) is 2.21. The summed E-state index contributed by atoms with van der Waals surface area (Å²) < 4.78 is 0.679. The number of amides is 1. The van der Waals surface area contributed by atoms with E-state index in [9.17, 15) is 4.79 Å². The molecule has 0 aliphatic heterocycles. The van der Waals surface area contributed by atoms with E-state index in [0.717, 1.165) is 0 Å². The smallest absolute Gasteiger partial charge is 0.250 e. The molecule has 1 aromatic carbocycles. The number of anilines is 1. The number of hydrogen-bond acceptors (Lipinski definition) is 2. The Kier molecular flexibility index (Phi) is 2.59. The summed E-state index contributed by atoms with van der Waals surface area (Å²) in [4.78, 5) is 10.8. The molecule has 1 rings (SSSR count). The van der Waals surface area contributed by atoms with Crippen molar-refractivity contribution in [2.24, 2.45) is 5.73 Å². The van der Waals surface area contributed by atoms with Crippen molar-refractivity contribution in [3.63, 3.8) is 0 Å². The van der Waals surface area contributed by atoms with Gasteiger partial charge in [0.25, 0.3) is 0 Å². The van der Waals surface area contributed by atoms with Crippen LogP contribution in [0.25, 0.3) is 0 Å². The minimum atomic E-state index is -0.590. The van der Waals surface area contributed by atoms with Gasteiger partial charge in [-0.3, -0.25) is 4.79 Å². The maximum absolute atomic E-state index is 10.8. The van der Waals surface area contributed by atoms with Gasteiger partial charge in [-0.15, -0.1) is 0 Å². The molecule has 4 N–H and O–H groups in total. The molecular formula is C7H6BrClN2O. The van der Waals surface area contributed by atoms with Crippen LogP contribution in [-0.4, -0.2) is 5.91 Å². The van der Waals surface area contributed by atoms with Crippen LogP contribution >= 0.6 is 27.5 Å². The van der Waals surface area contributed by atoms with Gasteiger partial charge in [0.05, 0.1) is 16.3 Å². The Hall–Kier alpha value is -0.740. The fraction of sp³-hybridized carbons (Fsp3) is 0. The average molecular weight is 249 g/mol. The first kappa shape index (κ1) is 9.35. The Bertz CT molecular complexity index is 340. The number of primary amides is 1. The van der Waals surface area contributed by atoms with Gasteiger partial charge in [0.1, 0.15) is 0 Å². The molecule has 5 heteroatoms. The van der Waals surface area contributed by atoms with Gasteiger partial charge >= 0.3 is 0 Å². The highest BCUT2D eigenvalue weighted by atomic mass is 79.9. The molecule has 0 aliphatic carbocycles. The average Bonchev–Trinajstić information content (AvgIpc) is 1.96. The molecule has 12 heavy (non-hydrogen) atoms. The summed E-state index contributed by atoms with van der Waals surface area (Å²) in [6.07, 6.45) is 0. The minimum Gasteiger partial charge on any atom is -0.397 e. The van der Waals surface area contributed by atoms with Crippen molar-refractivity contribution in [1.82, 2.24) is 0 Å². The third-order valence-electron chi connectivity index (χ3n) is 1.33. The first-order valence-electron chi connectivity index (χ1n) is 3.06. The molecule has 0 atom stereocenters. The second-order valence-electron chi connectivity index (χ2n) is 2.22. The van der Waals surface area contributed by atoms with Crippen LogP contribution in [0.15, 0.2) is 16.6 Å². The summed E-state index contributed by atoms with van der Waals surface area (Å²) in [6.45, 7) is 0. The van der Waals surface area contributed by atoms with Crippen LogP contribution < -0.4 is 11.5 Å². The monoisotopic (exact) mass is 248 g/mol. The van der Waals surface area contributed by atoms with Gasteiger partial charge in [0.15, 0.2) is 0 Å². The molecule has 0 fully saturated rings. The number of nitrogens with two attached hydrogens (primary N) is 2. The fourth-order valence-corrected chi connectivity index (χ4v) is 1.47. The zero-order chi connectivity index (χ0) is 9.30. The lowest BCUT2D eigenvalue weighted by molar-refractivity contribution is 0.100. The van der Waals surface area contributed by atoms with Crippen LogP contribution in [0, 0.1) is 0 Å². The largest absolute Gasteiger partial charge is 0.397 e. The molecule has 1 amide bonds. The Balaban J connectivity index is 3.37. The van der Waals surface area contributed by atoms with E-state index in [1.54, 1.807) is 6.07 Å². The van der Waals surface area contributed by atoms with Crippen LogP contribution in [0.5, 0.6) is 0 Å². The molecule has 3 nitrogen and oxygen atoms in total. The van der Waals surface area contributed by atoms with Crippen molar-refractivity contribution in [3.8, 4) is 0 Å². The Morgan fingerprint density at radius 1 is 1.50 bits per heavy atom. The zero-order valence-corrected chi connectivity index (χ0v) is 8.32. The SMILES string of the molecule is NC(=O)c1cc(Br)cc(N)c1Cl. The number of halogens is 2. The molecular weight excluding hydrogens is 243 g/mol. The van der Waals surface area contributed by atoms with Gasteiger partial charge in [-0.2, -0.15) is 0 Å². The van der Waals surface area contributed by atoms with Crippen LogP contribution in [-0.2, 0) is 0 Å². The summed E-state index contributed by atoms with van der Waals surface area (Å²) in [5.41, 5.74) is 11.1. The summed E-state index contributed by atoms with van der Waals surface area (Å²) in [5, 5.41) is 0.200. The van der Waals surface area contributed by atoms with Gasteiger partial charge in [-0.05, 0) is 12.1 Å². The third kappa shape index (κ3) is 1.70. The van der Waals surface area contributed by atoms with E-state index in [0.29, 0.717) is 10.2 Å². The lowest BCUT2D eigenvalue weighted by Crippen LogP contribution is -2.12. The van der Waals surface area contributed by atoms with Gasteiger partial charge in [0.2, 0.25) is 5.91 Å². The lowest BCUT2D eigenvalue weighted by Gasteiger charge is -2.03. The number of benzene rings is 1. The van der Waals surface area contributed by atoms with Crippen molar-refractivity contribution in [1.29, 1.82) is 0 Å². The molecule has 0 aliphatic rings.